The molecule has 0 heterocycles. The molecule has 2 rings (SSSR count). The van der Waals surface area contributed by atoms with Gasteiger partial charge in [-0.2, -0.15) is 0 Å². The third kappa shape index (κ3) is 6.85. The molecular formula is C20H23ClO2Ru+. The molecule has 129 valence electrons. The Hall–Kier alpha value is -0.387. The second-order valence-electron chi connectivity index (χ2n) is 5.59. The zero-order valence-corrected chi connectivity index (χ0v) is 17.5. The summed E-state index contributed by atoms with van der Waals surface area (Å²) in [7, 11) is 4.57. The summed E-state index contributed by atoms with van der Waals surface area (Å²) in [6.07, 6.45) is 1.07. The van der Waals surface area contributed by atoms with Gasteiger partial charge in [-0.1, -0.05) is 51.5 Å². The van der Waals surface area contributed by atoms with Crippen LogP contribution in [0.2, 0.25) is 0 Å². The molecule has 0 aliphatic heterocycles. The summed E-state index contributed by atoms with van der Waals surface area (Å²) >= 11 is 1.82. The van der Waals surface area contributed by atoms with Crippen molar-refractivity contribution in [1.29, 1.82) is 0 Å². The minimum absolute atomic E-state index is 1.07. The van der Waals surface area contributed by atoms with Crippen LogP contribution in [0.25, 0.3) is 0 Å². The predicted molar refractivity (Wildman–Crippen MR) is 92.2 cm³/mol. The van der Waals surface area contributed by atoms with Crippen LogP contribution in [0, 0.1) is 56.7 Å². The summed E-state index contributed by atoms with van der Waals surface area (Å²) in [6, 6.07) is 6.78. The van der Waals surface area contributed by atoms with Gasteiger partial charge in [-0.3, -0.25) is 0 Å². The fraction of sp³-hybridized carbons (Fsp3) is 0.350. The monoisotopic (exact) mass is 432 g/mol. The SMILES string of the molecule is C[C]1[C](C)[C](C)[C](Cc2ccc(C)cc2C)[C]1C.[C-]#[O+].[C-]#[O+].[Cl][Ru+]. The Balaban J connectivity index is 0. The third-order valence-corrected chi connectivity index (χ3v) is 4.46. The third-order valence-electron chi connectivity index (χ3n) is 4.46. The van der Waals surface area contributed by atoms with Gasteiger partial charge in [0, 0.05) is 0 Å². The summed E-state index contributed by atoms with van der Waals surface area (Å²) in [6.45, 7) is 22.4. The molecule has 1 aliphatic rings. The van der Waals surface area contributed by atoms with Crippen molar-refractivity contribution in [3.8, 4) is 0 Å². The normalized spacial score (nSPS) is 16.2. The first kappa shape index (κ1) is 25.8. The van der Waals surface area contributed by atoms with Gasteiger partial charge >= 0.3 is 49.6 Å². The molecule has 1 fully saturated rings. The molecule has 0 aromatic heterocycles. The molecule has 0 bridgehead atoms. The molecule has 24 heavy (non-hydrogen) atoms. The van der Waals surface area contributed by atoms with E-state index < -0.39 is 0 Å². The first-order chi connectivity index (χ1) is 11.4. The Morgan fingerprint density at radius 2 is 1.21 bits per heavy atom. The number of halogens is 1. The maximum atomic E-state index is 7.50. The van der Waals surface area contributed by atoms with E-state index in [2.05, 4.69) is 82.7 Å². The van der Waals surface area contributed by atoms with Gasteiger partial charge in [-0.25, -0.2) is 0 Å². The average molecular weight is 432 g/mol. The Labute approximate surface area is 161 Å². The summed E-state index contributed by atoms with van der Waals surface area (Å²) in [5, 5.41) is 0. The molecule has 1 aromatic rings. The Kier molecular flexibility index (Phi) is 14.9. The van der Waals surface area contributed by atoms with Crippen molar-refractivity contribution in [2.24, 2.45) is 0 Å². The fourth-order valence-electron chi connectivity index (χ4n) is 2.80. The molecule has 1 aromatic carbocycles. The van der Waals surface area contributed by atoms with Crippen LogP contribution in [0.15, 0.2) is 18.2 Å². The molecule has 5 radical (unpaired) electrons. The standard InChI is InChI=1S/C18H23.2CO.ClH.Ru/c1-11-7-8-17(12(2)9-11)10-18-15(5)13(3)14(4)16(18)6;2*1-2;;/h7-9H,10H2,1-6H3;;;1H;/q;;;;+2/p-1. The molecule has 0 unspecified atom stereocenters. The zero-order valence-electron chi connectivity index (χ0n) is 15.0. The number of hydrogen-bond donors (Lipinski definition) is 0. The number of hydrogen-bond acceptors (Lipinski definition) is 0. The predicted octanol–water partition coefficient (Wildman–Crippen LogP) is 5.42. The van der Waals surface area contributed by atoms with Gasteiger partial charge in [0.15, 0.2) is 0 Å². The van der Waals surface area contributed by atoms with Crippen LogP contribution < -0.4 is 0 Å². The van der Waals surface area contributed by atoms with Gasteiger partial charge in [0.05, 0.1) is 0 Å². The van der Waals surface area contributed by atoms with E-state index in [0.717, 1.165) is 6.42 Å². The quantitative estimate of drug-likeness (QED) is 0.340. The Morgan fingerprint density at radius 1 is 0.792 bits per heavy atom. The maximum absolute atomic E-state index is 7.50. The molecule has 2 nitrogen and oxygen atoms in total. The van der Waals surface area contributed by atoms with E-state index in [1.807, 2.05) is 17.3 Å². The van der Waals surface area contributed by atoms with E-state index in [4.69, 9.17) is 9.30 Å². The van der Waals surface area contributed by atoms with E-state index in [1.54, 1.807) is 0 Å². The Morgan fingerprint density at radius 3 is 1.58 bits per heavy atom. The van der Waals surface area contributed by atoms with Crippen LogP contribution in [0.5, 0.6) is 0 Å². The van der Waals surface area contributed by atoms with Crippen LogP contribution in [0.4, 0.5) is 0 Å². The van der Waals surface area contributed by atoms with Crippen LogP contribution in [0.3, 0.4) is 0 Å². The zero-order chi connectivity index (χ0) is 19.4. The first-order valence-corrected chi connectivity index (χ1v) is 9.48. The van der Waals surface area contributed by atoms with E-state index in [9.17, 15) is 0 Å². The van der Waals surface area contributed by atoms with Crippen molar-refractivity contribution in [3.05, 3.63) is 77.8 Å². The molecule has 0 spiro atoms. The molecule has 4 heteroatoms. The van der Waals surface area contributed by atoms with Crippen LogP contribution >= 0.6 is 9.69 Å². The topological polar surface area (TPSA) is 39.8 Å². The average Bonchev–Trinajstić information content (AvgIpc) is 2.80. The van der Waals surface area contributed by atoms with E-state index in [1.165, 1.54) is 46.3 Å². The van der Waals surface area contributed by atoms with Crippen molar-refractivity contribution in [3.63, 3.8) is 0 Å². The van der Waals surface area contributed by atoms with Gasteiger partial charge in [-0.05, 0) is 61.0 Å². The van der Waals surface area contributed by atoms with Crippen molar-refractivity contribution < 1.29 is 26.6 Å². The summed E-state index contributed by atoms with van der Waals surface area (Å²) in [5.74, 6) is 7.41. The summed E-state index contributed by atoms with van der Waals surface area (Å²) in [4.78, 5) is 0. The summed E-state index contributed by atoms with van der Waals surface area (Å²) in [5.41, 5.74) is 4.21. The Bertz CT molecular complexity index is 493. The van der Waals surface area contributed by atoms with E-state index in [0.29, 0.717) is 0 Å². The van der Waals surface area contributed by atoms with Crippen LogP contribution in [-0.2, 0) is 33.0 Å². The molecule has 1 saturated carbocycles. The van der Waals surface area contributed by atoms with Gasteiger partial charge in [0.1, 0.15) is 0 Å². The fourth-order valence-corrected chi connectivity index (χ4v) is 2.80. The van der Waals surface area contributed by atoms with Gasteiger partial charge in [0.25, 0.3) is 0 Å². The van der Waals surface area contributed by atoms with E-state index >= 15 is 0 Å². The van der Waals surface area contributed by atoms with Crippen LogP contribution in [-0.4, -0.2) is 0 Å². The second-order valence-corrected chi connectivity index (χ2v) is 5.59. The number of benzene rings is 1. The van der Waals surface area contributed by atoms with Crippen LogP contribution in [0.1, 0.15) is 44.4 Å². The van der Waals surface area contributed by atoms with Crippen molar-refractivity contribution in [2.75, 3.05) is 0 Å². The van der Waals surface area contributed by atoms with E-state index in [-0.39, 0.29) is 0 Å². The summed E-state index contributed by atoms with van der Waals surface area (Å²) < 4.78 is 15.0. The molecule has 0 atom stereocenters. The van der Waals surface area contributed by atoms with Gasteiger partial charge in [-0.15, -0.1) is 0 Å². The molecule has 0 N–H and O–H groups in total. The molecule has 1 aliphatic carbocycles. The number of aryl methyl sites for hydroxylation is 2. The first-order valence-electron chi connectivity index (χ1n) is 7.24. The van der Waals surface area contributed by atoms with Crippen molar-refractivity contribution in [1.82, 2.24) is 0 Å². The second kappa shape index (κ2) is 13.9. The number of rotatable bonds is 2. The van der Waals surface area contributed by atoms with Crippen molar-refractivity contribution in [2.45, 2.75) is 48.0 Å². The van der Waals surface area contributed by atoms with Gasteiger partial charge in [0.2, 0.25) is 0 Å². The van der Waals surface area contributed by atoms with Crippen molar-refractivity contribution >= 4 is 9.69 Å². The molecule has 0 saturated heterocycles. The molecule has 0 amide bonds. The van der Waals surface area contributed by atoms with Gasteiger partial charge < -0.3 is 0 Å². The molecular weight excluding hydrogens is 409 g/mol. The minimum atomic E-state index is 1.07.